The van der Waals surface area contributed by atoms with E-state index in [1.807, 2.05) is 32.0 Å². The van der Waals surface area contributed by atoms with Crippen LogP contribution in [-0.4, -0.2) is 22.6 Å². The van der Waals surface area contributed by atoms with Gasteiger partial charge in [-0.05, 0) is 37.8 Å². The van der Waals surface area contributed by atoms with Gasteiger partial charge >= 0.3 is 12.0 Å². The van der Waals surface area contributed by atoms with E-state index in [2.05, 4.69) is 10.6 Å². The van der Waals surface area contributed by atoms with Crippen LogP contribution in [0.3, 0.4) is 0 Å². The van der Waals surface area contributed by atoms with Crippen molar-refractivity contribution in [3.63, 3.8) is 0 Å². The summed E-state index contributed by atoms with van der Waals surface area (Å²) in [7, 11) is 0. The Kier molecular flexibility index (Phi) is 4.50. The highest BCUT2D eigenvalue weighted by molar-refractivity contribution is 5.91. The SMILES string of the molecule is Cc1cccc(C)c1NC(=O)NC1(CC(=O)O)CCCC1. The maximum absolute atomic E-state index is 12.2. The zero-order valence-corrected chi connectivity index (χ0v) is 12.5. The Labute approximate surface area is 124 Å². The number of hydrogen-bond donors (Lipinski definition) is 3. The van der Waals surface area contributed by atoms with E-state index >= 15 is 0 Å². The van der Waals surface area contributed by atoms with E-state index in [0.29, 0.717) is 0 Å². The van der Waals surface area contributed by atoms with Crippen LogP contribution < -0.4 is 10.6 Å². The second kappa shape index (κ2) is 6.16. The molecule has 1 aromatic carbocycles. The zero-order valence-electron chi connectivity index (χ0n) is 12.5. The third-order valence-electron chi connectivity index (χ3n) is 4.15. The molecule has 1 fully saturated rings. The van der Waals surface area contributed by atoms with Crippen molar-refractivity contribution in [2.24, 2.45) is 0 Å². The Morgan fingerprint density at radius 2 is 1.76 bits per heavy atom. The Morgan fingerprint density at radius 1 is 1.19 bits per heavy atom. The molecule has 0 spiro atoms. The maximum Gasteiger partial charge on any atom is 0.319 e. The molecule has 1 saturated carbocycles. The van der Waals surface area contributed by atoms with Gasteiger partial charge in [-0.2, -0.15) is 0 Å². The number of carboxylic acid groups (broad SMARTS) is 1. The molecule has 0 unspecified atom stereocenters. The number of urea groups is 1. The average Bonchev–Trinajstić information content (AvgIpc) is 2.81. The van der Waals surface area contributed by atoms with Gasteiger partial charge in [0, 0.05) is 5.69 Å². The Balaban J connectivity index is 2.08. The normalized spacial score (nSPS) is 16.5. The van der Waals surface area contributed by atoms with Crippen molar-refractivity contribution >= 4 is 17.7 Å². The van der Waals surface area contributed by atoms with E-state index in [1.165, 1.54) is 0 Å². The Morgan fingerprint density at radius 3 is 2.29 bits per heavy atom. The van der Waals surface area contributed by atoms with Gasteiger partial charge in [0.15, 0.2) is 0 Å². The Hall–Kier alpha value is -2.04. The van der Waals surface area contributed by atoms with Gasteiger partial charge < -0.3 is 15.7 Å². The van der Waals surface area contributed by atoms with Crippen molar-refractivity contribution in [2.75, 3.05) is 5.32 Å². The quantitative estimate of drug-likeness (QED) is 0.796. The van der Waals surface area contributed by atoms with Crippen LogP contribution in [0.5, 0.6) is 0 Å². The van der Waals surface area contributed by atoms with E-state index in [9.17, 15) is 9.59 Å². The monoisotopic (exact) mass is 290 g/mol. The van der Waals surface area contributed by atoms with Gasteiger partial charge in [-0.15, -0.1) is 0 Å². The van der Waals surface area contributed by atoms with Gasteiger partial charge in [0.2, 0.25) is 0 Å². The predicted molar refractivity (Wildman–Crippen MR) is 81.5 cm³/mol. The van der Waals surface area contributed by atoms with E-state index in [1.54, 1.807) is 0 Å². The van der Waals surface area contributed by atoms with E-state index in [4.69, 9.17) is 5.11 Å². The molecular formula is C16H22N2O3. The first-order valence-electron chi connectivity index (χ1n) is 7.29. The van der Waals surface area contributed by atoms with Gasteiger partial charge in [0.05, 0.1) is 12.0 Å². The van der Waals surface area contributed by atoms with Crippen molar-refractivity contribution in [3.05, 3.63) is 29.3 Å². The summed E-state index contributed by atoms with van der Waals surface area (Å²) in [6.45, 7) is 3.87. The second-order valence-corrected chi connectivity index (χ2v) is 5.90. The van der Waals surface area contributed by atoms with Crippen LogP contribution in [0, 0.1) is 13.8 Å². The molecule has 3 N–H and O–H groups in total. The van der Waals surface area contributed by atoms with Crippen LogP contribution in [0.25, 0.3) is 0 Å². The molecular weight excluding hydrogens is 268 g/mol. The van der Waals surface area contributed by atoms with Crippen LogP contribution in [0.4, 0.5) is 10.5 Å². The van der Waals surface area contributed by atoms with Crippen molar-refractivity contribution in [3.8, 4) is 0 Å². The van der Waals surface area contributed by atoms with Crippen LogP contribution in [-0.2, 0) is 4.79 Å². The number of hydrogen-bond acceptors (Lipinski definition) is 2. The molecule has 21 heavy (non-hydrogen) atoms. The molecule has 0 saturated heterocycles. The maximum atomic E-state index is 12.2. The summed E-state index contributed by atoms with van der Waals surface area (Å²) in [5.41, 5.74) is 2.16. The number of amides is 2. The van der Waals surface area contributed by atoms with Crippen LogP contribution >= 0.6 is 0 Å². The van der Waals surface area contributed by atoms with E-state index in [0.717, 1.165) is 42.5 Å². The summed E-state index contributed by atoms with van der Waals surface area (Å²) in [6.07, 6.45) is 3.33. The summed E-state index contributed by atoms with van der Waals surface area (Å²) in [5.74, 6) is -0.871. The lowest BCUT2D eigenvalue weighted by molar-refractivity contribution is -0.138. The lowest BCUT2D eigenvalue weighted by atomic mass is 9.93. The van der Waals surface area contributed by atoms with Crippen LogP contribution in [0.15, 0.2) is 18.2 Å². The highest BCUT2D eigenvalue weighted by Crippen LogP contribution is 2.32. The third kappa shape index (κ3) is 3.74. The number of aryl methyl sites for hydroxylation is 2. The summed E-state index contributed by atoms with van der Waals surface area (Å²) in [6, 6.07) is 5.49. The molecule has 0 heterocycles. The molecule has 1 aromatic rings. The summed E-state index contributed by atoms with van der Waals surface area (Å²) in [4.78, 5) is 23.3. The number of benzene rings is 1. The molecule has 114 valence electrons. The van der Waals surface area contributed by atoms with Gasteiger partial charge in [0.1, 0.15) is 0 Å². The van der Waals surface area contributed by atoms with Crippen molar-refractivity contribution in [1.29, 1.82) is 0 Å². The number of carbonyl (C=O) groups is 2. The van der Waals surface area contributed by atoms with Crippen LogP contribution in [0.2, 0.25) is 0 Å². The number of anilines is 1. The first-order valence-corrected chi connectivity index (χ1v) is 7.29. The largest absolute Gasteiger partial charge is 0.481 e. The fourth-order valence-corrected chi connectivity index (χ4v) is 3.08. The molecule has 1 aliphatic carbocycles. The molecule has 5 nitrogen and oxygen atoms in total. The van der Waals surface area contributed by atoms with E-state index < -0.39 is 11.5 Å². The molecule has 0 aliphatic heterocycles. The summed E-state index contributed by atoms with van der Waals surface area (Å²) >= 11 is 0. The molecule has 1 aliphatic rings. The Bertz CT molecular complexity index is 528. The van der Waals surface area contributed by atoms with Gasteiger partial charge in [-0.1, -0.05) is 31.0 Å². The number of nitrogens with one attached hydrogen (secondary N) is 2. The van der Waals surface area contributed by atoms with Crippen molar-refractivity contribution in [1.82, 2.24) is 5.32 Å². The smallest absolute Gasteiger partial charge is 0.319 e. The fraction of sp³-hybridized carbons (Fsp3) is 0.500. The van der Waals surface area contributed by atoms with E-state index in [-0.39, 0.29) is 12.5 Å². The molecule has 2 rings (SSSR count). The first kappa shape index (κ1) is 15.4. The zero-order chi connectivity index (χ0) is 15.5. The topological polar surface area (TPSA) is 78.4 Å². The standard InChI is InChI=1S/C16H22N2O3/c1-11-6-5-7-12(2)14(11)17-15(21)18-16(10-13(19)20)8-3-4-9-16/h5-7H,3-4,8-10H2,1-2H3,(H,19,20)(H2,17,18,21). The van der Waals surface area contributed by atoms with Crippen LogP contribution in [0.1, 0.15) is 43.2 Å². The number of aliphatic carboxylic acids is 1. The predicted octanol–water partition coefficient (Wildman–Crippen LogP) is 3.21. The number of carbonyl (C=O) groups excluding carboxylic acids is 1. The highest BCUT2D eigenvalue weighted by atomic mass is 16.4. The molecule has 2 amide bonds. The van der Waals surface area contributed by atoms with Crippen molar-refractivity contribution < 1.29 is 14.7 Å². The van der Waals surface area contributed by atoms with Gasteiger partial charge in [-0.25, -0.2) is 4.79 Å². The molecule has 0 bridgehead atoms. The van der Waals surface area contributed by atoms with Gasteiger partial charge in [-0.3, -0.25) is 4.79 Å². The van der Waals surface area contributed by atoms with Crippen molar-refractivity contribution in [2.45, 2.75) is 51.5 Å². The average molecular weight is 290 g/mol. The molecule has 0 radical (unpaired) electrons. The van der Waals surface area contributed by atoms with Gasteiger partial charge in [0.25, 0.3) is 0 Å². The molecule has 0 aromatic heterocycles. The molecule has 0 atom stereocenters. The number of carboxylic acids is 1. The summed E-state index contributed by atoms with van der Waals surface area (Å²) in [5, 5.41) is 14.8. The first-order chi connectivity index (χ1) is 9.92. The summed E-state index contributed by atoms with van der Waals surface area (Å²) < 4.78 is 0. The minimum atomic E-state index is -0.871. The third-order valence-corrected chi connectivity index (χ3v) is 4.15. The number of rotatable bonds is 4. The minimum absolute atomic E-state index is 0.0207. The second-order valence-electron chi connectivity index (χ2n) is 5.90. The lowest BCUT2D eigenvalue weighted by Gasteiger charge is -2.29. The lowest BCUT2D eigenvalue weighted by Crippen LogP contribution is -2.49. The fourth-order valence-electron chi connectivity index (χ4n) is 3.08. The molecule has 5 heteroatoms. The minimum Gasteiger partial charge on any atom is -0.481 e. The number of para-hydroxylation sites is 1. The highest BCUT2D eigenvalue weighted by Gasteiger charge is 2.37.